The topological polar surface area (TPSA) is 83.8 Å². The van der Waals surface area contributed by atoms with E-state index in [1.807, 2.05) is 18.3 Å². The summed E-state index contributed by atoms with van der Waals surface area (Å²) in [5, 5.41) is 7.70. The first-order valence-electron chi connectivity index (χ1n) is 9.42. The molecule has 0 fully saturated rings. The van der Waals surface area contributed by atoms with Gasteiger partial charge in [0.05, 0.1) is 12.0 Å². The van der Waals surface area contributed by atoms with Gasteiger partial charge >= 0.3 is 6.18 Å². The monoisotopic (exact) mass is 466 g/mol. The fourth-order valence-corrected chi connectivity index (χ4v) is 3.39. The number of aromatic amines is 1. The molecule has 2 N–H and O–H groups in total. The van der Waals surface area contributed by atoms with Crippen LogP contribution in [-0.2, 0) is 19.0 Å². The van der Waals surface area contributed by atoms with Gasteiger partial charge in [-0.15, -0.1) is 0 Å². The van der Waals surface area contributed by atoms with Gasteiger partial charge in [0.15, 0.2) is 0 Å². The highest BCUT2D eigenvalue weighted by Crippen LogP contribution is 2.30. The molecule has 2 heterocycles. The number of H-pyrrole nitrogens is 1. The lowest BCUT2D eigenvalue weighted by Gasteiger charge is -2.08. The Kier molecular flexibility index (Phi) is 5.88. The number of carbonyl (C=O) groups excluding carboxylic acids is 1. The van der Waals surface area contributed by atoms with Crippen LogP contribution in [0.4, 0.5) is 17.6 Å². The molecule has 4 rings (SSSR count). The second-order valence-electron chi connectivity index (χ2n) is 7.00. The van der Waals surface area contributed by atoms with Crippen molar-refractivity contribution in [1.29, 1.82) is 0 Å². The molecule has 2 aromatic carbocycles. The zero-order valence-electron chi connectivity index (χ0n) is 16.3. The van der Waals surface area contributed by atoms with Gasteiger partial charge < -0.3 is 14.8 Å². The molecule has 32 heavy (non-hydrogen) atoms. The number of nitrogens with one attached hydrogen (secondary N) is 2. The molecule has 0 spiro atoms. The van der Waals surface area contributed by atoms with Crippen LogP contribution in [0.5, 0.6) is 0 Å². The molecular formula is C21H15ClF4N4O2. The van der Waals surface area contributed by atoms with E-state index in [2.05, 4.69) is 20.4 Å². The minimum absolute atomic E-state index is 0.181. The maximum Gasteiger partial charge on any atom is 0.416 e. The number of rotatable bonds is 6. The Morgan fingerprint density at radius 3 is 2.75 bits per heavy atom. The van der Waals surface area contributed by atoms with Crippen LogP contribution >= 0.6 is 11.6 Å². The van der Waals surface area contributed by atoms with Gasteiger partial charge in [0.25, 0.3) is 11.7 Å². The number of nitrogens with zero attached hydrogens (tertiary/aromatic N) is 2. The molecular weight excluding hydrogens is 452 g/mol. The van der Waals surface area contributed by atoms with Crippen LogP contribution in [0.25, 0.3) is 10.9 Å². The third-order valence-corrected chi connectivity index (χ3v) is 5.03. The van der Waals surface area contributed by atoms with Crippen molar-refractivity contribution in [1.82, 2.24) is 20.4 Å². The van der Waals surface area contributed by atoms with E-state index in [4.69, 9.17) is 16.1 Å². The summed E-state index contributed by atoms with van der Waals surface area (Å²) >= 11 is 6.02. The summed E-state index contributed by atoms with van der Waals surface area (Å²) in [5.74, 6) is -1.95. The lowest BCUT2D eigenvalue weighted by Crippen LogP contribution is -2.26. The van der Waals surface area contributed by atoms with E-state index in [0.29, 0.717) is 23.6 Å². The Balaban J connectivity index is 1.38. The summed E-state index contributed by atoms with van der Waals surface area (Å²) in [6.45, 7) is 0.268. The van der Waals surface area contributed by atoms with Crippen LogP contribution in [0.1, 0.15) is 33.2 Å². The van der Waals surface area contributed by atoms with E-state index in [1.54, 1.807) is 6.07 Å². The highest BCUT2D eigenvalue weighted by Gasteiger charge is 2.31. The van der Waals surface area contributed by atoms with Crippen molar-refractivity contribution in [3.63, 3.8) is 0 Å². The average Bonchev–Trinajstić information content (AvgIpc) is 3.36. The summed E-state index contributed by atoms with van der Waals surface area (Å²) in [6.07, 6.45) is -2.67. The van der Waals surface area contributed by atoms with Crippen LogP contribution in [0.15, 0.2) is 47.1 Å². The molecule has 0 saturated carbocycles. The van der Waals surface area contributed by atoms with Crippen molar-refractivity contribution < 1.29 is 26.9 Å². The number of aromatic nitrogens is 3. The molecule has 11 heteroatoms. The molecule has 0 aliphatic carbocycles. The van der Waals surface area contributed by atoms with Crippen molar-refractivity contribution >= 4 is 28.4 Å². The molecule has 4 aromatic rings. The Morgan fingerprint density at radius 2 is 1.97 bits per heavy atom. The van der Waals surface area contributed by atoms with Crippen molar-refractivity contribution in [2.75, 3.05) is 6.54 Å². The molecule has 166 valence electrons. The maximum absolute atomic E-state index is 13.9. The molecule has 1 amide bonds. The number of halogens is 5. The Labute approximate surface area is 183 Å². The molecule has 0 unspecified atom stereocenters. The Bertz CT molecular complexity index is 1280. The Hall–Kier alpha value is -3.40. The van der Waals surface area contributed by atoms with Crippen LogP contribution in [-0.4, -0.2) is 27.6 Å². The van der Waals surface area contributed by atoms with Crippen LogP contribution < -0.4 is 5.32 Å². The lowest BCUT2D eigenvalue weighted by molar-refractivity contribution is -0.137. The highest BCUT2D eigenvalue weighted by molar-refractivity contribution is 6.31. The Morgan fingerprint density at radius 1 is 1.16 bits per heavy atom. The fraction of sp³-hybridized carbons (Fsp3) is 0.190. The zero-order chi connectivity index (χ0) is 22.9. The number of hydrogen-bond donors (Lipinski definition) is 2. The highest BCUT2D eigenvalue weighted by atomic mass is 35.5. The van der Waals surface area contributed by atoms with Crippen LogP contribution in [0.2, 0.25) is 5.02 Å². The first kappa shape index (κ1) is 21.8. The number of alkyl halides is 3. The molecule has 0 radical (unpaired) electrons. The minimum atomic E-state index is -4.61. The molecule has 0 aliphatic rings. The summed E-state index contributed by atoms with van der Waals surface area (Å²) in [4.78, 5) is 19.2. The van der Waals surface area contributed by atoms with Gasteiger partial charge in [-0.05, 0) is 53.9 Å². The second kappa shape index (κ2) is 8.62. The summed E-state index contributed by atoms with van der Waals surface area (Å²) in [5.41, 5.74) is 0.607. The van der Waals surface area contributed by atoms with Gasteiger partial charge in [-0.2, -0.15) is 18.2 Å². The number of fused-ring (bicyclic) bond motifs is 1. The van der Waals surface area contributed by atoms with E-state index < -0.39 is 23.5 Å². The molecule has 6 nitrogen and oxygen atoms in total. The predicted molar refractivity (Wildman–Crippen MR) is 108 cm³/mol. The van der Waals surface area contributed by atoms with Gasteiger partial charge in [-0.3, -0.25) is 4.79 Å². The van der Waals surface area contributed by atoms with Gasteiger partial charge in [-0.25, -0.2) is 4.39 Å². The predicted octanol–water partition coefficient (Wildman–Crippen LogP) is 4.93. The summed E-state index contributed by atoms with van der Waals surface area (Å²) < 4.78 is 57.3. The van der Waals surface area contributed by atoms with Gasteiger partial charge in [0.2, 0.25) is 5.89 Å². The van der Waals surface area contributed by atoms with Gasteiger partial charge in [-0.1, -0.05) is 16.8 Å². The maximum atomic E-state index is 13.9. The van der Waals surface area contributed by atoms with E-state index in [0.717, 1.165) is 22.5 Å². The minimum Gasteiger partial charge on any atom is -0.361 e. The van der Waals surface area contributed by atoms with Crippen molar-refractivity contribution in [2.45, 2.75) is 19.0 Å². The standard InChI is InChI=1S/C21H15ClF4N4O2/c22-14-2-4-17-15(9-14)11(10-28-17)5-6-27-20(31)19-29-18(32-30-19)8-12-7-13(21(24,25)26)1-3-16(12)23/h1-4,7,9-10,28H,5-6,8H2,(H,27,31). The first-order valence-corrected chi connectivity index (χ1v) is 9.80. The smallest absolute Gasteiger partial charge is 0.361 e. The zero-order valence-corrected chi connectivity index (χ0v) is 17.0. The van der Waals surface area contributed by atoms with E-state index in [-0.39, 0.29) is 30.2 Å². The van der Waals surface area contributed by atoms with Crippen molar-refractivity contribution in [3.8, 4) is 0 Å². The summed E-state index contributed by atoms with van der Waals surface area (Å²) in [6, 6.07) is 7.49. The number of hydrogen-bond acceptors (Lipinski definition) is 4. The molecule has 0 aliphatic heterocycles. The quantitative estimate of drug-likeness (QED) is 0.395. The van der Waals surface area contributed by atoms with E-state index >= 15 is 0 Å². The molecule has 0 atom stereocenters. The first-order chi connectivity index (χ1) is 15.2. The third-order valence-electron chi connectivity index (χ3n) is 4.80. The van der Waals surface area contributed by atoms with Crippen LogP contribution in [0, 0.1) is 5.82 Å². The second-order valence-corrected chi connectivity index (χ2v) is 7.44. The van der Waals surface area contributed by atoms with Gasteiger partial charge in [0.1, 0.15) is 5.82 Å². The molecule has 0 saturated heterocycles. The number of amides is 1. The molecule has 0 bridgehead atoms. The van der Waals surface area contributed by atoms with E-state index in [1.165, 1.54) is 0 Å². The molecule has 2 aromatic heterocycles. The number of benzene rings is 2. The summed E-state index contributed by atoms with van der Waals surface area (Å²) in [7, 11) is 0. The van der Waals surface area contributed by atoms with Crippen molar-refractivity contribution in [2.24, 2.45) is 0 Å². The largest absolute Gasteiger partial charge is 0.416 e. The fourth-order valence-electron chi connectivity index (χ4n) is 3.22. The SMILES string of the molecule is O=C(NCCc1c[nH]c2ccc(Cl)cc12)c1noc(Cc2cc(C(F)(F)F)ccc2F)n1. The van der Waals surface area contributed by atoms with Gasteiger partial charge in [0, 0.05) is 28.7 Å². The van der Waals surface area contributed by atoms with E-state index in [9.17, 15) is 22.4 Å². The van der Waals surface area contributed by atoms with Crippen LogP contribution in [0.3, 0.4) is 0 Å². The third kappa shape index (κ3) is 4.75. The average molecular weight is 467 g/mol. The number of carbonyl (C=O) groups is 1. The lowest BCUT2D eigenvalue weighted by atomic mass is 10.1. The normalized spacial score (nSPS) is 11.8. The van der Waals surface area contributed by atoms with Crippen molar-refractivity contribution in [3.05, 3.63) is 81.8 Å².